The van der Waals surface area contributed by atoms with Gasteiger partial charge < -0.3 is 18.9 Å². The van der Waals surface area contributed by atoms with E-state index in [0.717, 1.165) is 45.5 Å². The standard InChI is InChI=1S/C69H52N2.C63H44N2/c1-43-27-35-58-59(39-43)67(57-23-10-9-22-56(57)66(58)44-28-36-51-50-19-11-14-24-60(50)68(2,3)61(51)40-44)45-29-37-52-53-38-34-49(42-63(53)69(4,5)62(52)41-45)70(46-17-7-6-8-18-46)47-30-32-48(33-31-47)71-64-25-15-12-20-54(64)55-21-13-16-26-65(55)71;1-63(2)56-30-13-10-20-46(56)47-39-34-41(40-57(47)63)61-52-23-6-8-25-54(52)62(55-26-9-7-24-53(55)61)51-29-16-28-48-45(51)27-17-33-58(48)64(42-18-4-3-5-19-42)43-35-37-44(38-36-43)65-59-31-14-11-21-49(59)50-22-12-15-32-60(50)65/h6-42H,1-5H3;3-40H,1-2H3. The van der Waals surface area contributed by atoms with Crippen LogP contribution in [0.3, 0.4) is 0 Å². The Kier molecular flexibility index (Phi) is 18.3. The van der Waals surface area contributed by atoms with E-state index in [4.69, 9.17) is 0 Å². The monoisotopic (exact) mass is 1740 g/mol. The fraction of sp³-hybridized carbons (Fsp3) is 0.0758. The molecule has 27 rings (SSSR count). The molecule has 4 heteroatoms. The van der Waals surface area contributed by atoms with Crippen molar-refractivity contribution in [3.05, 3.63) is 494 Å². The Morgan fingerprint density at radius 3 is 0.912 bits per heavy atom. The lowest BCUT2D eigenvalue weighted by Crippen LogP contribution is -2.16. The molecule has 0 saturated carbocycles. The van der Waals surface area contributed by atoms with Crippen LogP contribution in [0.5, 0.6) is 0 Å². The number of nitrogens with zero attached hydrogens (tertiary/aromatic N) is 4. The molecule has 0 N–H and O–H groups in total. The van der Waals surface area contributed by atoms with Gasteiger partial charge in [0.25, 0.3) is 0 Å². The molecule has 0 saturated heterocycles. The molecule has 0 atom stereocenters. The summed E-state index contributed by atoms with van der Waals surface area (Å²) in [6, 6.07) is 169. The first-order valence-corrected chi connectivity index (χ1v) is 47.8. The van der Waals surface area contributed by atoms with Gasteiger partial charge >= 0.3 is 0 Å². The molecule has 22 aromatic carbocycles. The molecule has 644 valence electrons. The Morgan fingerprint density at radius 2 is 0.471 bits per heavy atom. The number of aryl methyl sites for hydroxylation is 1. The SMILES string of the molecule is CC1(C)c2ccccc2-c2ccc(-c3c4ccccc4c(-c4cccc5c(N(c6ccccc6)c6ccc(-n7c8ccccc8c8ccccc87)cc6)cccc45)c4ccccc34)cc21.Cc1ccc2c(-c3ccc4c(c3)C(C)(C)c3ccccc3-4)c3ccccc3c(-c3ccc4c(c3)C(C)(C)c3cc(N(c5ccccc5)c5ccc(-n6c7ccccc7c7ccccc76)cc5)ccc3-4)c2c1. The van der Waals surface area contributed by atoms with E-state index in [1.54, 1.807) is 0 Å². The van der Waals surface area contributed by atoms with E-state index in [1.165, 1.54) is 214 Å². The van der Waals surface area contributed by atoms with Crippen molar-refractivity contribution in [3.63, 3.8) is 0 Å². The zero-order valence-corrected chi connectivity index (χ0v) is 77.1. The van der Waals surface area contributed by atoms with Crippen molar-refractivity contribution >= 4 is 132 Å². The van der Waals surface area contributed by atoms with Gasteiger partial charge in [-0.3, -0.25) is 0 Å². The molecule has 0 bridgehead atoms. The van der Waals surface area contributed by atoms with Crippen LogP contribution in [-0.2, 0) is 16.2 Å². The summed E-state index contributed by atoms with van der Waals surface area (Å²) >= 11 is 0. The molecule has 0 amide bonds. The van der Waals surface area contributed by atoms with Crippen molar-refractivity contribution in [2.75, 3.05) is 9.80 Å². The minimum absolute atomic E-state index is 0.0830. The highest BCUT2D eigenvalue weighted by molar-refractivity contribution is 6.26. The lowest BCUT2D eigenvalue weighted by Gasteiger charge is -2.28. The highest BCUT2D eigenvalue weighted by Gasteiger charge is 2.40. The average molecular weight is 1740 g/mol. The van der Waals surface area contributed by atoms with Crippen molar-refractivity contribution in [1.82, 2.24) is 9.13 Å². The van der Waals surface area contributed by atoms with Gasteiger partial charge in [0.05, 0.1) is 27.8 Å². The van der Waals surface area contributed by atoms with E-state index >= 15 is 0 Å². The third-order valence-corrected chi connectivity index (χ3v) is 30.4. The quantitative estimate of drug-likeness (QED) is 0.113. The molecule has 0 radical (unpaired) electrons. The molecule has 0 spiro atoms. The number of anilines is 6. The summed E-state index contributed by atoms with van der Waals surface area (Å²) in [5, 5.41) is 17.6. The van der Waals surface area contributed by atoms with Gasteiger partial charge in [-0.25, -0.2) is 0 Å². The van der Waals surface area contributed by atoms with Crippen LogP contribution < -0.4 is 9.80 Å². The number of hydrogen-bond acceptors (Lipinski definition) is 2. The molecular formula is C132H96N4. The highest BCUT2D eigenvalue weighted by Crippen LogP contribution is 2.58. The van der Waals surface area contributed by atoms with Crippen molar-refractivity contribution in [1.29, 1.82) is 0 Å². The van der Waals surface area contributed by atoms with E-state index in [1.807, 2.05) is 0 Å². The van der Waals surface area contributed by atoms with Gasteiger partial charge in [0, 0.05) is 83.0 Å². The Morgan fingerprint density at radius 1 is 0.176 bits per heavy atom. The first kappa shape index (κ1) is 80.2. The maximum atomic E-state index is 2.51. The normalized spacial score (nSPS) is 13.4. The van der Waals surface area contributed by atoms with E-state index in [-0.39, 0.29) is 16.2 Å². The predicted octanol–water partition coefficient (Wildman–Crippen LogP) is 36.2. The molecule has 3 aliphatic rings. The zero-order valence-electron chi connectivity index (χ0n) is 77.1. The van der Waals surface area contributed by atoms with Gasteiger partial charge in [0.15, 0.2) is 0 Å². The number of hydrogen-bond donors (Lipinski definition) is 0. The molecule has 24 aromatic rings. The second-order valence-corrected chi connectivity index (χ2v) is 39.0. The van der Waals surface area contributed by atoms with E-state index in [9.17, 15) is 0 Å². The van der Waals surface area contributed by atoms with E-state index in [0.29, 0.717) is 0 Å². The summed E-state index contributed by atoms with van der Waals surface area (Å²) in [4.78, 5) is 4.82. The van der Waals surface area contributed by atoms with Crippen molar-refractivity contribution < 1.29 is 0 Å². The second kappa shape index (κ2) is 31.0. The van der Waals surface area contributed by atoms with Gasteiger partial charge in [-0.05, 0) is 300 Å². The summed E-state index contributed by atoms with van der Waals surface area (Å²) < 4.78 is 4.77. The highest BCUT2D eigenvalue weighted by atomic mass is 15.2. The molecule has 0 fully saturated rings. The van der Waals surface area contributed by atoms with Crippen molar-refractivity contribution in [3.8, 4) is 89.3 Å². The summed E-state index contributed by atoms with van der Waals surface area (Å²) in [6.07, 6.45) is 0. The minimum atomic E-state index is -0.254. The molecule has 2 heterocycles. The van der Waals surface area contributed by atoms with Gasteiger partial charge in [-0.2, -0.15) is 0 Å². The Balaban J connectivity index is 0.000000142. The summed E-state index contributed by atoms with van der Waals surface area (Å²) in [6.45, 7) is 16.6. The maximum Gasteiger partial charge on any atom is 0.0541 e. The van der Waals surface area contributed by atoms with Crippen LogP contribution in [0.15, 0.2) is 455 Å². The molecular weight excluding hydrogens is 1640 g/mol. The molecule has 4 nitrogen and oxygen atoms in total. The average Bonchev–Trinajstić information content (AvgIpc) is 1.57. The van der Waals surface area contributed by atoms with Crippen LogP contribution in [0.2, 0.25) is 0 Å². The maximum absolute atomic E-state index is 2.51. The molecule has 2 aromatic heterocycles. The van der Waals surface area contributed by atoms with Crippen molar-refractivity contribution in [2.24, 2.45) is 0 Å². The van der Waals surface area contributed by atoms with Gasteiger partial charge in [0.1, 0.15) is 0 Å². The summed E-state index contributed by atoms with van der Waals surface area (Å²) in [7, 11) is 0. The molecule has 136 heavy (non-hydrogen) atoms. The second-order valence-electron chi connectivity index (χ2n) is 39.0. The molecule has 0 unspecified atom stereocenters. The third-order valence-electron chi connectivity index (χ3n) is 30.4. The number of fused-ring (bicyclic) bond motifs is 20. The van der Waals surface area contributed by atoms with Gasteiger partial charge in [-0.1, -0.05) is 369 Å². The number of aromatic nitrogens is 2. The van der Waals surface area contributed by atoms with Crippen LogP contribution in [0, 0.1) is 6.92 Å². The summed E-state index contributed by atoms with van der Waals surface area (Å²) in [5.74, 6) is 0. The fourth-order valence-electron chi connectivity index (χ4n) is 24.0. The van der Waals surface area contributed by atoms with Crippen molar-refractivity contribution in [2.45, 2.75) is 64.7 Å². The smallest absolute Gasteiger partial charge is 0.0541 e. The van der Waals surface area contributed by atoms with E-state index in [2.05, 4.69) is 522 Å². The topological polar surface area (TPSA) is 16.3 Å². The lowest BCUT2D eigenvalue weighted by atomic mass is 9.79. The Hall–Kier alpha value is -16.7. The van der Waals surface area contributed by atoms with E-state index < -0.39 is 0 Å². The Bertz CT molecular complexity index is 8910. The van der Waals surface area contributed by atoms with Crippen LogP contribution in [0.4, 0.5) is 34.1 Å². The van der Waals surface area contributed by atoms with Crippen LogP contribution >= 0.6 is 0 Å². The minimum Gasteiger partial charge on any atom is -0.310 e. The number of rotatable bonds is 12. The van der Waals surface area contributed by atoms with Gasteiger partial charge in [0.2, 0.25) is 0 Å². The summed E-state index contributed by atoms with van der Waals surface area (Å²) in [5.41, 5.74) is 41.1. The largest absolute Gasteiger partial charge is 0.310 e. The zero-order chi connectivity index (χ0) is 91.0. The Labute approximate surface area is 792 Å². The fourth-order valence-corrected chi connectivity index (χ4v) is 24.0. The van der Waals surface area contributed by atoms with Crippen LogP contribution in [-0.4, -0.2) is 9.13 Å². The lowest BCUT2D eigenvalue weighted by molar-refractivity contribution is 0.660. The first-order chi connectivity index (χ1) is 66.7. The van der Waals surface area contributed by atoms with Crippen LogP contribution in [0.25, 0.3) is 187 Å². The third kappa shape index (κ3) is 12.3. The number of para-hydroxylation sites is 6. The molecule has 3 aliphatic carbocycles. The van der Waals surface area contributed by atoms with Gasteiger partial charge in [-0.15, -0.1) is 0 Å². The predicted molar refractivity (Wildman–Crippen MR) is 578 cm³/mol. The number of benzene rings is 22. The van der Waals surface area contributed by atoms with Crippen LogP contribution in [0.1, 0.15) is 80.5 Å². The molecule has 0 aliphatic heterocycles. The first-order valence-electron chi connectivity index (χ1n) is 47.8.